The molecule has 1 aliphatic rings. The van der Waals surface area contributed by atoms with Gasteiger partial charge in [0.05, 0.1) is 0 Å². The predicted molar refractivity (Wildman–Crippen MR) is 85.3 cm³/mol. The lowest BCUT2D eigenvalue weighted by molar-refractivity contribution is -0.127. The maximum absolute atomic E-state index is 12.2. The second kappa shape index (κ2) is 7.57. The average molecular weight is 289 g/mol. The molecule has 1 unspecified atom stereocenters. The van der Waals surface area contributed by atoms with Crippen molar-refractivity contribution >= 4 is 5.91 Å². The molecule has 1 atom stereocenters. The molecule has 0 aromatic heterocycles. The van der Waals surface area contributed by atoms with Crippen molar-refractivity contribution in [1.29, 1.82) is 0 Å². The minimum atomic E-state index is -0.306. The van der Waals surface area contributed by atoms with Crippen molar-refractivity contribution in [2.45, 2.75) is 51.1 Å². The quantitative estimate of drug-likeness (QED) is 0.498. The van der Waals surface area contributed by atoms with Gasteiger partial charge in [0.15, 0.2) is 0 Å². The van der Waals surface area contributed by atoms with Crippen LogP contribution in [0.3, 0.4) is 0 Å². The van der Waals surface area contributed by atoms with Gasteiger partial charge in [0.1, 0.15) is 6.04 Å². The third kappa shape index (κ3) is 3.83. The van der Waals surface area contributed by atoms with Crippen LogP contribution in [0.25, 0.3) is 0 Å². The highest BCUT2D eigenvalue weighted by Gasteiger charge is 2.31. The van der Waals surface area contributed by atoms with Crippen molar-refractivity contribution in [3.05, 3.63) is 35.9 Å². The first-order valence-electron chi connectivity index (χ1n) is 7.94. The van der Waals surface area contributed by atoms with Gasteiger partial charge in [-0.25, -0.2) is 5.84 Å². The van der Waals surface area contributed by atoms with E-state index in [9.17, 15) is 4.79 Å². The Morgan fingerprint density at radius 3 is 2.43 bits per heavy atom. The third-order valence-corrected chi connectivity index (χ3v) is 4.88. The molecule has 0 bridgehead atoms. The molecule has 1 aromatic rings. The van der Waals surface area contributed by atoms with E-state index >= 15 is 0 Å². The molecule has 3 N–H and O–H groups in total. The highest BCUT2D eigenvalue weighted by atomic mass is 16.2. The summed E-state index contributed by atoms with van der Waals surface area (Å²) in [6, 6.07) is 10.0. The van der Waals surface area contributed by atoms with Crippen LogP contribution in [0, 0.1) is 5.92 Å². The Balaban J connectivity index is 2.12. The number of nitrogens with one attached hydrogen (secondary N) is 1. The molecule has 1 fully saturated rings. The van der Waals surface area contributed by atoms with Gasteiger partial charge < -0.3 is 0 Å². The molecule has 2 rings (SSSR count). The molecule has 1 amide bonds. The van der Waals surface area contributed by atoms with Crippen molar-refractivity contribution in [3.63, 3.8) is 0 Å². The second-order valence-electron chi connectivity index (χ2n) is 6.07. The van der Waals surface area contributed by atoms with Gasteiger partial charge in [0.25, 0.3) is 5.91 Å². The van der Waals surface area contributed by atoms with E-state index in [1.54, 1.807) is 0 Å². The lowest BCUT2D eigenvalue weighted by Crippen LogP contribution is -2.46. The first kappa shape index (κ1) is 16.0. The predicted octanol–water partition coefficient (Wildman–Crippen LogP) is 2.62. The number of hydrazine groups is 1. The fraction of sp³-hybridized carbons (Fsp3) is 0.588. The summed E-state index contributed by atoms with van der Waals surface area (Å²) in [7, 11) is 2.05. The molecule has 0 saturated heterocycles. The summed E-state index contributed by atoms with van der Waals surface area (Å²) in [6.45, 7) is 2.27. The van der Waals surface area contributed by atoms with Gasteiger partial charge in [-0.3, -0.25) is 15.1 Å². The standard InChI is InChI=1S/C17H27N3O/c1-3-13-9-11-15(12-10-13)20(2)16(17(21)19-18)14-7-5-4-6-8-14/h4-8,13,15-16H,3,9-12,18H2,1-2H3,(H,19,21). The fourth-order valence-corrected chi connectivity index (χ4v) is 3.46. The molecule has 4 nitrogen and oxygen atoms in total. The molecule has 0 aliphatic heterocycles. The summed E-state index contributed by atoms with van der Waals surface area (Å²) in [4.78, 5) is 14.4. The number of rotatable bonds is 5. The first-order chi connectivity index (χ1) is 10.2. The Hall–Kier alpha value is -1.39. The van der Waals surface area contributed by atoms with Crippen molar-refractivity contribution in [3.8, 4) is 0 Å². The first-order valence-corrected chi connectivity index (χ1v) is 7.94. The summed E-state index contributed by atoms with van der Waals surface area (Å²) in [5, 5.41) is 0. The molecule has 4 heteroatoms. The summed E-state index contributed by atoms with van der Waals surface area (Å²) < 4.78 is 0. The third-order valence-electron chi connectivity index (χ3n) is 4.88. The number of likely N-dealkylation sites (N-methyl/N-ethyl adjacent to an activating group) is 1. The van der Waals surface area contributed by atoms with Gasteiger partial charge in [0.2, 0.25) is 0 Å². The van der Waals surface area contributed by atoms with Gasteiger partial charge in [-0.15, -0.1) is 0 Å². The highest BCUT2D eigenvalue weighted by molar-refractivity contribution is 5.82. The van der Waals surface area contributed by atoms with Crippen molar-refractivity contribution in [2.75, 3.05) is 7.05 Å². The zero-order chi connectivity index (χ0) is 15.2. The van der Waals surface area contributed by atoms with E-state index in [0.29, 0.717) is 6.04 Å². The molecule has 0 spiro atoms. The Morgan fingerprint density at radius 2 is 1.90 bits per heavy atom. The van der Waals surface area contributed by atoms with Gasteiger partial charge in [-0.05, 0) is 44.2 Å². The van der Waals surface area contributed by atoms with Crippen LogP contribution in [0.5, 0.6) is 0 Å². The molecule has 21 heavy (non-hydrogen) atoms. The summed E-state index contributed by atoms with van der Waals surface area (Å²) in [5.41, 5.74) is 3.32. The van der Waals surface area contributed by atoms with Crippen molar-refractivity contribution < 1.29 is 4.79 Å². The maximum atomic E-state index is 12.2. The monoisotopic (exact) mass is 289 g/mol. The normalized spacial score (nSPS) is 23.8. The average Bonchev–Trinajstić information content (AvgIpc) is 2.55. The van der Waals surface area contributed by atoms with E-state index in [0.717, 1.165) is 24.3 Å². The molecule has 1 aliphatic carbocycles. The molecular formula is C17H27N3O. The SMILES string of the molecule is CCC1CCC(N(C)C(C(=O)NN)c2ccccc2)CC1. The smallest absolute Gasteiger partial charge is 0.255 e. The van der Waals surface area contributed by atoms with Crippen molar-refractivity contribution in [2.24, 2.45) is 11.8 Å². The Bertz CT molecular complexity index is 441. The molecule has 0 radical (unpaired) electrons. The lowest BCUT2D eigenvalue weighted by Gasteiger charge is -2.38. The van der Waals surface area contributed by atoms with Gasteiger partial charge >= 0.3 is 0 Å². The van der Waals surface area contributed by atoms with E-state index in [4.69, 9.17) is 5.84 Å². The van der Waals surface area contributed by atoms with Gasteiger partial charge in [-0.1, -0.05) is 43.7 Å². The molecule has 1 saturated carbocycles. The largest absolute Gasteiger partial charge is 0.293 e. The minimum absolute atomic E-state index is 0.138. The Kier molecular flexibility index (Phi) is 5.76. The lowest BCUT2D eigenvalue weighted by atomic mass is 9.83. The summed E-state index contributed by atoms with van der Waals surface area (Å²) in [6.07, 6.45) is 6.11. The van der Waals surface area contributed by atoms with Gasteiger partial charge in [-0.2, -0.15) is 0 Å². The number of nitrogens with zero attached hydrogens (tertiary/aromatic N) is 1. The summed E-state index contributed by atoms with van der Waals surface area (Å²) in [5.74, 6) is 6.11. The topological polar surface area (TPSA) is 58.4 Å². The number of benzene rings is 1. The van der Waals surface area contributed by atoms with Crippen LogP contribution in [0.15, 0.2) is 30.3 Å². The number of carbonyl (C=O) groups is 1. The van der Waals surface area contributed by atoms with Crippen LogP contribution in [-0.2, 0) is 4.79 Å². The van der Waals surface area contributed by atoms with Gasteiger partial charge in [0, 0.05) is 6.04 Å². The molecular weight excluding hydrogens is 262 g/mol. The van der Waals surface area contributed by atoms with E-state index in [2.05, 4.69) is 17.2 Å². The zero-order valence-electron chi connectivity index (χ0n) is 13.1. The van der Waals surface area contributed by atoms with Crippen LogP contribution in [0.2, 0.25) is 0 Å². The van der Waals surface area contributed by atoms with E-state index in [1.807, 2.05) is 37.4 Å². The van der Waals surface area contributed by atoms with E-state index in [-0.39, 0.29) is 11.9 Å². The zero-order valence-corrected chi connectivity index (χ0v) is 13.1. The van der Waals surface area contributed by atoms with Crippen LogP contribution >= 0.6 is 0 Å². The maximum Gasteiger partial charge on any atom is 0.255 e. The number of carbonyl (C=O) groups excluding carboxylic acids is 1. The van der Waals surface area contributed by atoms with Crippen LogP contribution in [0.4, 0.5) is 0 Å². The van der Waals surface area contributed by atoms with Crippen LogP contribution < -0.4 is 11.3 Å². The fourth-order valence-electron chi connectivity index (χ4n) is 3.46. The van der Waals surface area contributed by atoms with E-state index in [1.165, 1.54) is 19.3 Å². The molecule has 116 valence electrons. The second-order valence-corrected chi connectivity index (χ2v) is 6.07. The number of nitrogens with two attached hydrogens (primary N) is 1. The van der Waals surface area contributed by atoms with E-state index < -0.39 is 0 Å². The molecule has 1 aromatic carbocycles. The Morgan fingerprint density at radius 1 is 1.29 bits per heavy atom. The number of amides is 1. The Labute approximate surface area is 127 Å². The van der Waals surface area contributed by atoms with Crippen molar-refractivity contribution in [1.82, 2.24) is 10.3 Å². The highest BCUT2D eigenvalue weighted by Crippen LogP contribution is 2.32. The number of hydrogen-bond acceptors (Lipinski definition) is 3. The molecule has 0 heterocycles. The van der Waals surface area contributed by atoms with Crippen LogP contribution in [-0.4, -0.2) is 23.9 Å². The summed E-state index contributed by atoms with van der Waals surface area (Å²) >= 11 is 0. The number of hydrogen-bond donors (Lipinski definition) is 2. The van der Waals surface area contributed by atoms with Crippen LogP contribution in [0.1, 0.15) is 50.6 Å². The minimum Gasteiger partial charge on any atom is -0.293 e.